The fourth-order valence-electron chi connectivity index (χ4n) is 3.60. The van der Waals surface area contributed by atoms with E-state index in [9.17, 15) is 8.42 Å². The van der Waals surface area contributed by atoms with Crippen LogP contribution < -0.4 is 16.2 Å². The third-order valence-electron chi connectivity index (χ3n) is 4.64. The highest BCUT2D eigenvalue weighted by Crippen LogP contribution is 2.33. The van der Waals surface area contributed by atoms with Crippen molar-refractivity contribution in [2.24, 2.45) is 5.14 Å². The Bertz CT molecular complexity index is 659. The fourth-order valence-corrected chi connectivity index (χ4v) is 4.44. The van der Waals surface area contributed by atoms with Crippen molar-refractivity contribution in [3.05, 3.63) is 17.7 Å². The number of hydrogen-bond donors (Lipinski definition) is 3. The van der Waals surface area contributed by atoms with Crippen LogP contribution in [0.1, 0.15) is 24.8 Å². The number of benzene rings is 1. The average molecular weight is 310 g/mol. The first kappa shape index (κ1) is 14.6. The van der Waals surface area contributed by atoms with E-state index in [1.54, 1.807) is 13.0 Å². The van der Waals surface area contributed by atoms with Crippen LogP contribution in [0.15, 0.2) is 17.0 Å². The van der Waals surface area contributed by atoms with Gasteiger partial charge in [0.2, 0.25) is 10.0 Å². The van der Waals surface area contributed by atoms with Crippen LogP contribution >= 0.6 is 0 Å². The van der Waals surface area contributed by atoms with Gasteiger partial charge in [0, 0.05) is 30.0 Å². The van der Waals surface area contributed by atoms with Crippen LogP contribution in [0.4, 0.5) is 11.4 Å². The topological polar surface area (TPSA) is 101 Å². The zero-order valence-corrected chi connectivity index (χ0v) is 13.0. The van der Waals surface area contributed by atoms with Crippen molar-refractivity contribution in [2.75, 3.05) is 24.1 Å². The van der Waals surface area contributed by atoms with Crippen LogP contribution in [-0.2, 0) is 10.0 Å². The monoisotopic (exact) mass is 310 g/mol. The molecule has 1 aromatic rings. The quantitative estimate of drug-likeness (QED) is 0.719. The first-order valence-electron chi connectivity index (χ1n) is 7.30. The summed E-state index contributed by atoms with van der Waals surface area (Å²) in [5.41, 5.74) is 7.66. The molecule has 2 saturated heterocycles. The van der Waals surface area contributed by atoms with E-state index in [-0.39, 0.29) is 4.90 Å². The second-order valence-electron chi connectivity index (χ2n) is 6.02. The number of nitrogens with two attached hydrogens (primary N) is 2. The summed E-state index contributed by atoms with van der Waals surface area (Å²) < 4.78 is 23.3. The molecule has 116 valence electrons. The lowest BCUT2D eigenvalue weighted by Gasteiger charge is -2.24. The zero-order valence-electron chi connectivity index (χ0n) is 12.2. The van der Waals surface area contributed by atoms with Crippen LogP contribution in [0.25, 0.3) is 0 Å². The SMILES string of the molecule is Cc1c(NC2CCN3CCCC23)cc(N)cc1S(N)(=O)=O. The molecule has 2 heterocycles. The molecule has 21 heavy (non-hydrogen) atoms. The van der Waals surface area contributed by atoms with Gasteiger partial charge >= 0.3 is 0 Å². The standard InChI is InChI=1S/C14H22N4O2S/c1-9-12(7-10(15)8-14(9)21(16,19)20)17-11-4-6-18-5-2-3-13(11)18/h7-8,11,13,17H,2-6,15H2,1H3,(H2,16,19,20). The Morgan fingerprint density at radius 2 is 2.05 bits per heavy atom. The maximum absolute atomic E-state index is 11.7. The molecule has 2 unspecified atom stereocenters. The van der Waals surface area contributed by atoms with E-state index in [0.29, 0.717) is 23.3 Å². The van der Waals surface area contributed by atoms with Crippen molar-refractivity contribution in [1.82, 2.24) is 4.90 Å². The van der Waals surface area contributed by atoms with Gasteiger partial charge in [-0.25, -0.2) is 13.6 Å². The Morgan fingerprint density at radius 3 is 2.76 bits per heavy atom. The molecule has 0 spiro atoms. The highest BCUT2D eigenvalue weighted by Gasteiger charge is 2.37. The molecule has 2 fully saturated rings. The summed E-state index contributed by atoms with van der Waals surface area (Å²) in [6.45, 7) is 4.04. The molecular weight excluding hydrogens is 288 g/mol. The van der Waals surface area contributed by atoms with Crippen LogP contribution in [0.5, 0.6) is 0 Å². The summed E-state index contributed by atoms with van der Waals surface area (Å²) in [4.78, 5) is 2.60. The normalized spacial score (nSPS) is 26.0. The van der Waals surface area contributed by atoms with E-state index in [0.717, 1.165) is 18.7 Å². The average Bonchev–Trinajstić information content (AvgIpc) is 2.96. The molecule has 0 bridgehead atoms. The lowest BCUT2D eigenvalue weighted by Crippen LogP contribution is -2.34. The lowest BCUT2D eigenvalue weighted by atomic mass is 10.1. The van der Waals surface area contributed by atoms with Gasteiger partial charge in [-0.05, 0) is 50.4 Å². The minimum absolute atomic E-state index is 0.103. The van der Waals surface area contributed by atoms with Gasteiger partial charge in [-0.2, -0.15) is 0 Å². The first-order valence-corrected chi connectivity index (χ1v) is 8.84. The van der Waals surface area contributed by atoms with Gasteiger partial charge in [0.05, 0.1) is 4.90 Å². The van der Waals surface area contributed by atoms with Crippen LogP contribution in [-0.4, -0.2) is 38.5 Å². The molecule has 2 aliphatic rings. The molecule has 0 saturated carbocycles. The van der Waals surface area contributed by atoms with Crippen LogP contribution in [0.2, 0.25) is 0 Å². The molecule has 1 aromatic carbocycles. The summed E-state index contributed by atoms with van der Waals surface area (Å²) in [6.07, 6.45) is 3.51. The van der Waals surface area contributed by atoms with Gasteiger partial charge < -0.3 is 11.1 Å². The second-order valence-corrected chi connectivity index (χ2v) is 7.55. The molecule has 2 atom stereocenters. The molecule has 0 aliphatic carbocycles. The number of fused-ring (bicyclic) bond motifs is 1. The van der Waals surface area contributed by atoms with Crippen LogP contribution in [0.3, 0.4) is 0 Å². The summed E-state index contributed by atoms with van der Waals surface area (Å²) >= 11 is 0. The predicted molar refractivity (Wildman–Crippen MR) is 83.6 cm³/mol. The smallest absolute Gasteiger partial charge is 0.238 e. The highest BCUT2D eigenvalue weighted by atomic mass is 32.2. The highest BCUT2D eigenvalue weighted by molar-refractivity contribution is 7.89. The number of anilines is 2. The molecule has 5 N–H and O–H groups in total. The Labute approximate surface area is 125 Å². The van der Waals surface area contributed by atoms with Gasteiger partial charge in [0.1, 0.15) is 0 Å². The third-order valence-corrected chi connectivity index (χ3v) is 5.67. The number of nitrogens with one attached hydrogen (secondary N) is 1. The maximum Gasteiger partial charge on any atom is 0.238 e. The number of primary sulfonamides is 1. The van der Waals surface area contributed by atoms with Gasteiger partial charge in [0.25, 0.3) is 0 Å². The summed E-state index contributed by atoms with van der Waals surface area (Å²) in [7, 11) is -3.76. The van der Waals surface area contributed by atoms with Gasteiger partial charge in [0.15, 0.2) is 0 Å². The number of rotatable bonds is 3. The number of nitrogens with zero attached hydrogens (tertiary/aromatic N) is 1. The largest absolute Gasteiger partial charge is 0.399 e. The van der Waals surface area contributed by atoms with Gasteiger partial charge in [-0.1, -0.05) is 0 Å². The number of hydrogen-bond acceptors (Lipinski definition) is 5. The molecule has 3 rings (SSSR count). The van der Waals surface area contributed by atoms with Crippen molar-refractivity contribution in [2.45, 2.75) is 43.2 Å². The first-order chi connectivity index (χ1) is 9.86. The van der Waals surface area contributed by atoms with Crippen molar-refractivity contribution >= 4 is 21.4 Å². The molecule has 2 aliphatic heterocycles. The summed E-state index contributed by atoms with van der Waals surface area (Å²) in [5.74, 6) is 0. The van der Waals surface area contributed by atoms with Crippen molar-refractivity contribution in [3.63, 3.8) is 0 Å². The van der Waals surface area contributed by atoms with E-state index in [2.05, 4.69) is 10.2 Å². The lowest BCUT2D eigenvalue weighted by molar-refractivity contribution is 0.318. The predicted octanol–water partition coefficient (Wildman–Crippen LogP) is 0.873. The van der Waals surface area contributed by atoms with E-state index in [1.165, 1.54) is 25.5 Å². The Hall–Kier alpha value is -1.31. The van der Waals surface area contributed by atoms with Crippen molar-refractivity contribution < 1.29 is 8.42 Å². The fraction of sp³-hybridized carbons (Fsp3) is 0.571. The summed E-state index contributed by atoms with van der Waals surface area (Å²) in [6, 6.07) is 4.11. The number of sulfonamides is 1. The Kier molecular flexibility index (Phi) is 3.59. The minimum atomic E-state index is -3.76. The minimum Gasteiger partial charge on any atom is -0.399 e. The maximum atomic E-state index is 11.7. The van der Waals surface area contributed by atoms with Crippen molar-refractivity contribution in [3.8, 4) is 0 Å². The second kappa shape index (κ2) is 5.15. The van der Waals surface area contributed by atoms with E-state index in [1.807, 2.05) is 0 Å². The molecular formula is C14H22N4O2S. The number of nitrogen functional groups attached to an aromatic ring is 1. The Morgan fingerprint density at radius 1 is 1.29 bits per heavy atom. The van der Waals surface area contributed by atoms with Gasteiger partial charge in [-0.15, -0.1) is 0 Å². The van der Waals surface area contributed by atoms with E-state index < -0.39 is 10.0 Å². The van der Waals surface area contributed by atoms with Crippen LogP contribution in [0, 0.1) is 6.92 Å². The molecule has 6 nitrogen and oxygen atoms in total. The van der Waals surface area contributed by atoms with Crippen molar-refractivity contribution in [1.29, 1.82) is 0 Å². The van der Waals surface area contributed by atoms with E-state index in [4.69, 9.17) is 10.9 Å². The molecule has 7 heteroatoms. The third kappa shape index (κ3) is 2.73. The van der Waals surface area contributed by atoms with E-state index >= 15 is 0 Å². The molecule has 0 aromatic heterocycles. The summed E-state index contributed by atoms with van der Waals surface area (Å²) in [5, 5.41) is 8.76. The molecule has 0 radical (unpaired) electrons. The van der Waals surface area contributed by atoms with Gasteiger partial charge in [-0.3, -0.25) is 4.90 Å². The Balaban J connectivity index is 1.91. The zero-order chi connectivity index (χ0) is 15.2. The molecule has 0 amide bonds.